The van der Waals surface area contributed by atoms with Crippen molar-refractivity contribution in [1.82, 2.24) is 4.98 Å². The highest BCUT2D eigenvalue weighted by Gasteiger charge is 2.27. The van der Waals surface area contributed by atoms with Crippen LogP contribution in [0.3, 0.4) is 0 Å². The lowest BCUT2D eigenvalue weighted by molar-refractivity contribution is -0.384. The fourth-order valence-corrected chi connectivity index (χ4v) is 3.60. The molecule has 2 atom stereocenters. The summed E-state index contributed by atoms with van der Waals surface area (Å²) in [6.45, 7) is 3.98. The molecule has 2 unspecified atom stereocenters. The smallest absolute Gasteiger partial charge is 0.311 e. The van der Waals surface area contributed by atoms with Crippen molar-refractivity contribution in [3.8, 4) is 0 Å². The number of anilines is 1. The summed E-state index contributed by atoms with van der Waals surface area (Å²) in [4.78, 5) is 14.8. The van der Waals surface area contributed by atoms with E-state index in [2.05, 4.69) is 17.2 Å². The molecular formula is C13H19N3O2S. The van der Waals surface area contributed by atoms with Gasteiger partial charge in [-0.25, -0.2) is 4.98 Å². The fourth-order valence-electron chi connectivity index (χ4n) is 2.46. The summed E-state index contributed by atoms with van der Waals surface area (Å²) in [6, 6.07) is 1.88. The molecule has 1 aromatic rings. The van der Waals surface area contributed by atoms with E-state index in [0.29, 0.717) is 17.1 Å². The Labute approximate surface area is 117 Å². The second-order valence-corrected chi connectivity index (χ2v) is 6.45. The van der Waals surface area contributed by atoms with Crippen LogP contribution in [0.1, 0.15) is 31.7 Å². The third-order valence-corrected chi connectivity index (χ3v) is 4.56. The zero-order valence-electron chi connectivity index (χ0n) is 11.3. The molecule has 1 aliphatic rings. The average Bonchev–Trinajstić information content (AvgIpc) is 2.79. The molecule has 2 rings (SSSR count). The van der Waals surface area contributed by atoms with Gasteiger partial charge in [-0.05, 0) is 37.5 Å². The summed E-state index contributed by atoms with van der Waals surface area (Å²) in [7, 11) is 0. The first kappa shape index (κ1) is 14.1. The quantitative estimate of drug-likeness (QED) is 0.662. The zero-order valence-corrected chi connectivity index (χ0v) is 12.1. The van der Waals surface area contributed by atoms with Crippen molar-refractivity contribution in [1.29, 1.82) is 0 Å². The molecule has 1 aromatic heterocycles. The Morgan fingerprint density at radius 3 is 3.05 bits per heavy atom. The molecular weight excluding hydrogens is 262 g/mol. The molecule has 1 saturated carbocycles. The largest absolute Gasteiger partial charge is 0.362 e. The third-order valence-electron chi connectivity index (χ3n) is 3.33. The third kappa shape index (κ3) is 3.59. The molecule has 1 aliphatic carbocycles. The van der Waals surface area contributed by atoms with Crippen LogP contribution in [0.4, 0.5) is 11.5 Å². The maximum Gasteiger partial charge on any atom is 0.311 e. The molecule has 0 spiro atoms. The van der Waals surface area contributed by atoms with E-state index in [9.17, 15) is 10.1 Å². The van der Waals surface area contributed by atoms with Gasteiger partial charge >= 0.3 is 5.69 Å². The fraction of sp³-hybridized carbons (Fsp3) is 0.615. The van der Waals surface area contributed by atoms with Crippen molar-refractivity contribution >= 4 is 23.3 Å². The van der Waals surface area contributed by atoms with E-state index in [-0.39, 0.29) is 10.6 Å². The van der Waals surface area contributed by atoms with E-state index < -0.39 is 0 Å². The van der Waals surface area contributed by atoms with Crippen LogP contribution in [0.25, 0.3) is 0 Å². The molecule has 1 N–H and O–H groups in total. The predicted octanol–water partition coefficient (Wildman–Crippen LogP) is 3.38. The first-order chi connectivity index (χ1) is 9.10. The van der Waals surface area contributed by atoms with E-state index >= 15 is 0 Å². The van der Waals surface area contributed by atoms with E-state index in [4.69, 9.17) is 0 Å². The molecule has 0 saturated heterocycles. The predicted molar refractivity (Wildman–Crippen MR) is 78.8 cm³/mol. The summed E-state index contributed by atoms with van der Waals surface area (Å²) in [5, 5.41) is 14.9. The van der Waals surface area contributed by atoms with Crippen LogP contribution in [0.5, 0.6) is 0 Å². The van der Waals surface area contributed by atoms with Gasteiger partial charge in [-0.1, -0.05) is 6.92 Å². The Bertz CT molecular complexity index is 467. The molecule has 104 valence electrons. The topological polar surface area (TPSA) is 68.1 Å². The number of rotatable bonds is 5. The summed E-state index contributed by atoms with van der Waals surface area (Å²) >= 11 is 1.97. The lowest BCUT2D eigenvalue weighted by atomic mass is 10.2. The van der Waals surface area contributed by atoms with Crippen molar-refractivity contribution in [2.45, 2.75) is 44.4 Å². The van der Waals surface area contributed by atoms with Crippen molar-refractivity contribution in [3.05, 3.63) is 27.9 Å². The maximum atomic E-state index is 11.0. The Kier molecular flexibility index (Phi) is 4.63. The lowest BCUT2D eigenvalue weighted by Gasteiger charge is -2.13. The van der Waals surface area contributed by atoms with Crippen molar-refractivity contribution in [2.24, 2.45) is 0 Å². The number of hydrogen-bond acceptors (Lipinski definition) is 5. The summed E-state index contributed by atoms with van der Waals surface area (Å²) in [5.41, 5.74) is 0.884. The average molecular weight is 281 g/mol. The minimum absolute atomic E-state index is 0.0756. The van der Waals surface area contributed by atoms with Gasteiger partial charge < -0.3 is 5.32 Å². The molecule has 5 nitrogen and oxygen atoms in total. The van der Waals surface area contributed by atoms with E-state index in [1.165, 1.54) is 6.42 Å². The first-order valence-corrected chi connectivity index (χ1v) is 7.64. The number of nitro groups is 1. The van der Waals surface area contributed by atoms with Crippen LogP contribution in [-0.2, 0) is 0 Å². The Balaban J connectivity index is 2.05. The van der Waals surface area contributed by atoms with Crippen LogP contribution in [0, 0.1) is 17.0 Å². The molecule has 6 heteroatoms. The molecule has 1 fully saturated rings. The molecule has 0 radical (unpaired) electrons. The number of nitrogens with zero attached hydrogens (tertiary/aromatic N) is 2. The number of aryl methyl sites for hydroxylation is 1. The summed E-state index contributed by atoms with van der Waals surface area (Å²) in [5.74, 6) is 1.53. The normalized spacial score (nSPS) is 22.4. The number of thioether (sulfide) groups is 1. The number of nitrogens with one attached hydrogen (secondary N) is 1. The standard InChI is InChI=1S/C13H19N3O2S/c1-3-19-11-5-4-10(7-11)15-13-12(16(17)18)6-9(2)8-14-13/h6,8,10-11H,3-5,7H2,1-2H3,(H,14,15). The summed E-state index contributed by atoms with van der Waals surface area (Å²) < 4.78 is 0. The molecule has 0 bridgehead atoms. The lowest BCUT2D eigenvalue weighted by Crippen LogP contribution is -2.18. The molecule has 0 aromatic carbocycles. The van der Waals surface area contributed by atoms with Crippen molar-refractivity contribution in [2.75, 3.05) is 11.1 Å². The zero-order chi connectivity index (χ0) is 13.8. The van der Waals surface area contributed by atoms with Crippen LogP contribution in [0.15, 0.2) is 12.3 Å². The SMILES string of the molecule is CCSC1CCC(Nc2ncc(C)cc2[N+](=O)[O-])C1. The van der Waals surface area contributed by atoms with Gasteiger partial charge in [-0.15, -0.1) is 0 Å². The number of hydrogen-bond donors (Lipinski definition) is 1. The number of pyridine rings is 1. The minimum Gasteiger partial charge on any atom is -0.362 e. The van der Waals surface area contributed by atoms with Gasteiger partial charge in [0.15, 0.2) is 0 Å². The second-order valence-electron chi connectivity index (χ2n) is 4.87. The molecule has 1 heterocycles. The van der Waals surface area contributed by atoms with Gasteiger partial charge in [0, 0.05) is 23.6 Å². The van der Waals surface area contributed by atoms with Crippen LogP contribution < -0.4 is 5.32 Å². The Morgan fingerprint density at radius 2 is 2.37 bits per heavy atom. The summed E-state index contributed by atoms with van der Waals surface area (Å²) in [6.07, 6.45) is 4.97. The van der Waals surface area contributed by atoms with Gasteiger partial charge in [-0.2, -0.15) is 11.8 Å². The van der Waals surface area contributed by atoms with E-state index in [0.717, 1.165) is 24.2 Å². The monoisotopic (exact) mass is 281 g/mol. The van der Waals surface area contributed by atoms with Crippen LogP contribution in [-0.4, -0.2) is 27.0 Å². The van der Waals surface area contributed by atoms with Gasteiger partial charge in [-0.3, -0.25) is 10.1 Å². The van der Waals surface area contributed by atoms with Crippen LogP contribution >= 0.6 is 11.8 Å². The van der Waals surface area contributed by atoms with Gasteiger partial charge in [0.2, 0.25) is 5.82 Å². The Hall–Kier alpha value is -1.30. The maximum absolute atomic E-state index is 11.0. The molecule has 0 aliphatic heterocycles. The number of aromatic nitrogens is 1. The van der Waals surface area contributed by atoms with E-state index in [1.54, 1.807) is 12.3 Å². The van der Waals surface area contributed by atoms with Gasteiger partial charge in [0.05, 0.1) is 4.92 Å². The van der Waals surface area contributed by atoms with Crippen molar-refractivity contribution < 1.29 is 4.92 Å². The van der Waals surface area contributed by atoms with E-state index in [1.807, 2.05) is 18.7 Å². The van der Waals surface area contributed by atoms with Crippen LogP contribution in [0.2, 0.25) is 0 Å². The second kappa shape index (κ2) is 6.23. The minimum atomic E-state index is -0.366. The van der Waals surface area contributed by atoms with Gasteiger partial charge in [0.1, 0.15) is 0 Å². The van der Waals surface area contributed by atoms with Crippen molar-refractivity contribution in [3.63, 3.8) is 0 Å². The highest BCUT2D eigenvalue weighted by atomic mass is 32.2. The molecule has 0 amide bonds. The molecule has 19 heavy (non-hydrogen) atoms. The van der Waals surface area contributed by atoms with Gasteiger partial charge in [0.25, 0.3) is 0 Å². The highest BCUT2D eigenvalue weighted by molar-refractivity contribution is 7.99. The highest BCUT2D eigenvalue weighted by Crippen LogP contribution is 2.33. The first-order valence-electron chi connectivity index (χ1n) is 6.59. The Morgan fingerprint density at radius 1 is 1.58 bits per heavy atom.